The van der Waals surface area contributed by atoms with Gasteiger partial charge in [0.15, 0.2) is 0 Å². The van der Waals surface area contributed by atoms with Crippen molar-refractivity contribution in [1.29, 1.82) is 0 Å². The topological polar surface area (TPSA) is 78.4 Å². The number of rotatable bonds is 5. The van der Waals surface area contributed by atoms with Gasteiger partial charge in [-0.05, 0) is 37.4 Å². The molecule has 2 rings (SSSR count). The van der Waals surface area contributed by atoms with Gasteiger partial charge < -0.3 is 15.7 Å². The Balaban J connectivity index is 2.12. The molecule has 1 fully saturated rings. The maximum atomic E-state index is 12.4. The van der Waals surface area contributed by atoms with Crippen LogP contribution in [-0.4, -0.2) is 24.0 Å². The van der Waals surface area contributed by atoms with E-state index in [1.54, 1.807) is 0 Å². The van der Waals surface area contributed by atoms with Crippen LogP contribution in [0.3, 0.4) is 0 Å². The molecule has 1 unspecified atom stereocenters. The SMILES string of the molecule is CNCc1ccccc1NC(=O)[C@H]1CC(C)C[C@H]1C(=O)O. The summed E-state index contributed by atoms with van der Waals surface area (Å²) in [5.74, 6) is -1.80. The fraction of sp³-hybridized carbons (Fsp3) is 0.500. The van der Waals surface area contributed by atoms with Gasteiger partial charge in [0.1, 0.15) is 0 Å². The summed E-state index contributed by atoms with van der Waals surface area (Å²) in [5.41, 5.74) is 1.74. The van der Waals surface area contributed by atoms with Crippen molar-refractivity contribution in [2.75, 3.05) is 12.4 Å². The molecule has 21 heavy (non-hydrogen) atoms. The molecule has 1 aromatic rings. The van der Waals surface area contributed by atoms with Crippen LogP contribution >= 0.6 is 0 Å². The monoisotopic (exact) mass is 290 g/mol. The summed E-state index contributed by atoms with van der Waals surface area (Å²) >= 11 is 0. The summed E-state index contributed by atoms with van der Waals surface area (Å²) in [4.78, 5) is 23.7. The molecule has 1 amide bonds. The minimum Gasteiger partial charge on any atom is -0.481 e. The van der Waals surface area contributed by atoms with Crippen LogP contribution in [0.15, 0.2) is 24.3 Å². The first-order valence-electron chi connectivity index (χ1n) is 7.29. The average Bonchev–Trinajstić information content (AvgIpc) is 2.84. The first-order valence-corrected chi connectivity index (χ1v) is 7.29. The standard InChI is InChI=1S/C16H22N2O3/c1-10-7-12(13(8-10)16(20)21)15(19)18-14-6-4-3-5-11(14)9-17-2/h3-6,10,12-13,17H,7-9H2,1-2H3,(H,18,19)(H,20,21)/t10?,12-,13+/m0/s1. The Morgan fingerprint density at radius 2 is 1.90 bits per heavy atom. The van der Waals surface area contributed by atoms with E-state index in [-0.39, 0.29) is 11.8 Å². The smallest absolute Gasteiger partial charge is 0.307 e. The number of benzene rings is 1. The number of carboxylic acid groups (broad SMARTS) is 1. The zero-order valence-corrected chi connectivity index (χ0v) is 12.4. The van der Waals surface area contributed by atoms with Crippen molar-refractivity contribution < 1.29 is 14.7 Å². The van der Waals surface area contributed by atoms with Crippen molar-refractivity contribution in [3.05, 3.63) is 29.8 Å². The van der Waals surface area contributed by atoms with E-state index in [1.807, 2.05) is 38.2 Å². The molecular formula is C16H22N2O3. The number of aliphatic carboxylic acids is 1. The third-order valence-electron chi connectivity index (χ3n) is 4.09. The molecule has 1 aliphatic rings. The number of carbonyl (C=O) groups is 2. The number of hydrogen-bond acceptors (Lipinski definition) is 3. The molecule has 0 saturated heterocycles. The third kappa shape index (κ3) is 3.61. The highest BCUT2D eigenvalue weighted by molar-refractivity contribution is 5.96. The molecule has 114 valence electrons. The number of carboxylic acids is 1. The highest BCUT2D eigenvalue weighted by Gasteiger charge is 2.41. The lowest BCUT2D eigenvalue weighted by Gasteiger charge is -2.17. The lowest BCUT2D eigenvalue weighted by molar-refractivity contribution is -0.145. The van der Waals surface area contributed by atoms with Gasteiger partial charge in [0.25, 0.3) is 0 Å². The zero-order valence-electron chi connectivity index (χ0n) is 12.4. The van der Waals surface area contributed by atoms with E-state index in [4.69, 9.17) is 0 Å². The first-order chi connectivity index (χ1) is 10.0. The Morgan fingerprint density at radius 3 is 2.57 bits per heavy atom. The lowest BCUT2D eigenvalue weighted by Crippen LogP contribution is -2.30. The number of anilines is 1. The molecular weight excluding hydrogens is 268 g/mol. The Hall–Kier alpha value is -1.88. The number of nitrogens with one attached hydrogen (secondary N) is 2. The van der Waals surface area contributed by atoms with E-state index >= 15 is 0 Å². The van der Waals surface area contributed by atoms with Crippen molar-refractivity contribution in [1.82, 2.24) is 5.32 Å². The highest BCUT2D eigenvalue weighted by Crippen LogP contribution is 2.37. The van der Waals surface area contributed by atoms with Gasteiger partial charge in [0, 0.05) is 12.2 Å². The van der Waals surface area contributed by atoms with Crippen molar-refractivity contribution in [2.45, 2.75) is 26.3 Å². The van der Waals surface area contributed by atoms with E-state index in [9.17, 15) is 14.7 Å². The molecule has 3 N–H and O–H groups in total. The predicted molar refractivity (Wildman–Crippen MR) is 80.8 cm³/mol. The summed E-state index contributed by atoms with van der Waals surface area (Å²) in [5, 5.41) is 15.2. The molecule has 0 bridgehead atoms. The first kappa shape index (κ1) is 15.5. The number of carbonyl (C=O) groups excluding carboxylic acids is 1. The fourth-order valence-electron chi connectivity index (χ4n) is 3.07. The number of hydrogen-bond donors (Lipinski definition) is 3. The molecule has 1 aromatic carbocycles. The van der Waals surface area contributed by atoms with Crippen LogP contribution in [0.25, 0.3) is 0 Å². The molecule has 0 radical (unpaired) electrons. The van der Waals surface area contributed by atoms with Gasteiger partial charge in [-0.15, -0.1) is 0 Å². The summed E-state index contributed by atoms with van der Waals surface area (Å²) < 4.78 is 0. The van der Waals surface area contributed by atoms with Crippen LogP contribution in [-0.2, 0) is 16.1 Å². The molecule has 3 atom stereocenters. The van der Waals surface area contributed by atoms with Crippen LogP contribution in [0, 0.1) is 17.8 Å². The number of para-hydroxylation sites is 1. The highest BCUT2D eigenvalue weighted by atomic mass is 16.4. The summed E-state index contributed by atoms with van der Waals surface area (Å²) in [6.07, 6.45) is 1.21. The van der Waals surface area contributed by atoms with Gasteiger partial charge in [-0.2, -0.15) is 0 Å². The van der Waals surface area contributed by atoms with Gasteiger partial charge in [-0.25, -0.2) is 0 Å². The van der Waals surface area contributed by atoms with Crippen LogP contribution in [0.2, 0.25) is 0 Å². The second-order valence-corrected chi connectivity index (χ2v) is 5.80. The van der Waals surface area contributed by atoms with Gasteiger partial charge in [-0.1, -0.05) is 25.1 Å². The molecule has 0 aliphatic heterocycles. The fourth-order valence-corrected chi connectivity index (χ4v) is 3.07. The van der Waals surface area contributed by atoms with Gasteiger partial charge >= 0.3 is 5.97 Å². The van der Waals surface area contributed by atoms with Crippen LogP contribution in [0.5, 0.6) is 0 Å². The zero-order chi connectivity index (χ0) is 15.4. The predicted octanol–water partition coefficient (Wildman–Crippen LogP) is 2.09. The van der Waals surface area contributed by atoms with Crippen molar-refractivity contribution in [3.8, 4) is 0 Å². The third-order valence-corrected chi connectivity index (χ3v) is 4.09. The lowest BCUT2D eigenvalue weighted by atomic mass is 9.95. The van der Waals surface area contributed by atoms with E-state index < -0.39 is 17.8 Å². The molecule has 1 saturated carbocycles. The van der Waals surface area contributed by atoms with Crippen molar-refractivity contribution in [2.24, 2.45) is 17.8 Å². The molecule has 0 spiro atoms. The van der Waals surface area contributed by atoms with E-state index in [2.05, 4.69) is 10.6 Å². The van der Waals surface area contributed by atoms with Crippen LogP contribution < -0.4 is 10.6 Å². The molecule has 0 heterocycles. The Morgan fingerprint density at radius 1 is 1.24 bits per heavy atom. The average molecular weight is 290 g/mol. The maximum Gasteiger partial charge on any atom is 0.307 e. The molecule has 5 nitrogen and oxygen atoms in total. The minimum absolute atomic E-state index is 0.185. The summed E-state index contributed by atoms with van der Waals surface area (Å²) in [7, 11) is 1.84. The van der Waals surface area contributed by atoms with Gasteiger partial charge in [0.05, 0.1) is 11.8 Å². The number of amides is 1. The summed E-state index contributed by atoms with van der Waals surface area (Å²) in [6.45, 7) is 2.65. The Kier molecular flexibility index (Phi) is 4.96. The van der Waals surface area contributed by atoms with Crippen LogP contribution in [0.4, 0.5) is 5.69 Å². The van der Waals surface area contributed by atoms with E-state index in [0.717, 1.165) is 11.3 Å². The van der Waals surface area contributed by atoms with Crippen LogP contribution in [0.1, 0.15) is 25.3 Å². The molecule has 1 aliphatic carbocycles. The van der Waals surface area contributed by atoms with Gasteiger partial charge in [0.2, 0.25) is 5.91 Å². The quantitative estimate of drug-likeness (QED) is 0.776. The Bertz CT molecular complexity index is 530. The van der Waals surface area contributed by atoms with Gasteiger partial charge in [-0.3, -0.25) is 9.59 Å². The molecule has 0 aromatic heterocycles. The maximum absolute atomic E-state index is 12.4. The Labute approximate surface area is 124 Å². The van der Waals surface area contributed by atoms with E-state index in [0.29, 0.717) is 19.4 Å². The molecule has 5 heteroatoms. The van der Waals surface area contributed by atoms with Crippen molar-refractivity contribution in [3.63, 3.8) is 0 Å². The largest absolute Gasteiger partial charge is 0.481 e. The van der Waals surface area contributed by atoms with Crippen molar-refractivity contribution >= 4 is 17.6 Å². The second kappa shape index (κ2) is 6.72. The normalized spacial score (nSPS) is 24.8. The van der Waals surface area contributed by atoms with E-state index in [1.165, 1.54) is 0 Å². The minimum atomic E-state index is -0.872. The second-order valence-electron chi connectivity index (χ2n) is 5.80. The summed E-state index contributed by atoms with van der Waals surface area (Å²) in [6, 6.07) is 7.57.